The molecule has 5 rings (SSSR count). The van der Waals surface area contributed by atoms with E-state index < -0.39 is 0 Å². The Bertz CT molecular complexity index is 1210. The number of nitrogens with one attached hydrogen (secondary N) is 1. The van der Waals surface area contributed by atoms with Crippen molar-refractivity contribution in [2.75, 3.05) is 6.54 Å². The molecule has 0 saturated heterocycles. The van der Waals surface area contributed by atoms with Crippen LogP contribution >= 0.6 is 0 Å². The number of hydrogen-bond donors (Lipinski definition) is 1. The van der Waals surface area contributed by atoms with E-state index in [0.717, 1.165) is 31.3 Å². The molecule has 166 valence electrons. The lowest BCUT2D eigenvalue weighted by molar-refractivity contribution is -0.136. The van der Waals surface area contributed by atoms with Crippen LogP contribution in [0.1, 0.15) is 49.8 Å². The number of para-hydroxylation sites is 2. The first-order valence-corrected chi connectivity index (χ1v) is 12.1. The lowest BCUT2D eigenvalue weighted by Crippen LogP contribution is -2.37. The molecule has 1 N–H and O–H groups in total. The Morgan fingerprint density at radius 3 is 2.59 bits per heavy atom. The summed E-state index contributed by atoms with van der Waals surface area (Å²) in [5.41, 5.74) is 4.88. The molecule has 2 aromatic heterocycles. The quantitative estimate of drug-likeness (QED) is 0.366. The maximum absolute atomic E-state index is 13.7. The molecule has 0 atom stereocenters. The van der Waals surface area contributed by atoms with Crippen LogP contribution in [0.3, 0.4) is 0 Å². The normalized spacial score (nSPS) is 15.3. The number of aryl methyl sites for hydroxylation is 1. The van der Waals surface area contributed by atoms with E-state index in [9.17, 15) is 4.79 Å². The van der Waals surface area contributed by atoms with Crippen molar-refractivity contribution in [3.8, 4) is 0 Å². The summed E-state index contributed by atoms with van der Waals surface area (Å²) >= 11 is 0. The van der Waals surface area contributed by atoms with Crippen LogP contribution in [0.25, 0.3) is 21.8 Å². The Kier molecular flexibility index (Phi) is 6.02. The van der Waals surface area contributed by atoms with Crippen molar-refractivity contribution >= 4 is 27.7 Å². The van der Waals surface area contributed by atoms with E-state index in [-0.39, 0.29) is 5.92 Å². The van der Waals surface area contributed by atoms with Crippen LogP contribution in [0, 0.1) is 5.92 Å². The molecule has 1 aliphatic carbocycles. The molecule has 1 aliphatic rings. The van der Waals surface area contributed by atoms with E-state index in [1.807, 2.05) is 0 Å². The summed E-state index contributed by atoms with van der Waals surface area (Å²) in [5.74, 6) is 0.521. The zero-order chi connectivity index (χ0) is 21.9. The highest BCUT2D eigenvalue weighted by Crippen LogP contribution is 2.27. The van der Waals surface area contributed by atoms with Gasteiger partial charge in [0.2, 0.25) is 5.91 Å². The van der Waals surface area contributed by atoms with Crippen LogP contribution in [0.2, 0.25) is 0 Å². The molecule has 2 aromatic carbocycles. The van der Waals surface area contributed by atoms with E-state index in [0.29, 0.717) is 12.5 Å². The van der Waals surface area contributed by atoms with Crippen LogP contribution in [-0.2, 0) is 24.8 Å². The number of H-pyrrole nitrogens is 1. The molecular formula is C28H33N3O. The second kappa shape index (κ2) is 9.23. The summed E-state index contributed by atoms with van der Waals surface area (Å²) in [5, 5.41) is 2.50. The predicted octanol–water partition coefficient (Wildman–Crippen LogP) is 6.20. The van der Waals surface area contributed by atoms with Gasteiger partial charge in [-0.15, -0.1) is 0 Å². The van der Waals surface area contributed by atoms with E-state index in [2.05, 4.69) is 82.3 Å². The van der Waals surface area contributed by atoms with Crippen LogP contribution in [0.5, 0.6) is 0 Å². The van der Waals surface area contributed by atoms with Gasteiger partial charge in [-0.3, -0.25) is 4.79 Å². The van der Waals surface area contributed by atoms with Gasteiger partial charge >= 0.3 is 0 Å². The average Bonchev–Trinajstić information content (AvgIpc) is 3.24. The minimum Gasteiger partial charge on any atom is -0.361 e. The molecule has 4 nitrogen and oxygen atoms in total. The van der Waals surface area contributed by atoms with Gasteiger partial charge in [0, 0.05) is 47.8 Å². The highest BCUT2D eigenvalue weighted by molar-refractivity contribution is 5.84. The van der Waals surface area contributed by atoms with Gasteiger partial charge < -0.3 is 14.5 Å². The first-order chi connectivity index (χ1) is 15.7. The van der Waals surface area contributed by atoms with E-state index >= 15 is 0 Å². The number of rotatable bonds is 6. The number of carbonyl (C=O) groups excluding carboxylic acids is 1. The van der Waals surface area contributed by atoms with Gasteiger partial charge in [0.1, 0.15) is 0 Å². The van der Waals surface area contributed by atoms with Crippen molar-refractivity contribution in [1.82, 2.24) is 14.5 Å². The summed E-state index contributed by atoms with van der Waals surface area (Å²) in [6, 6.07) is 19.1. The van der Waals surface area contributed by atoms with Crippen LogP contribution in [0.15, 0.2) is 60.8 Å². The van der Waals surface area contributed by atoms with E-state index in [4.69, 9.17) is 0 Å². The number of aromatic nitrogens is 2. The fourth-order valence-corrected chi connectivity index (χ4v) is 5.34. The molecule has 4 heteroatoms. The van der Waals surface area contributed by atoms with Crippen molar-refractivity contribution < 1.29 is 4.79 Å². The Morgan fingerprint density at radius 2 is 1.78 bits per heavy atom. The lowest BCUT2D eigenvalue weighted by Gasteiger charge is -2.27. The number of fused-ring (bicyclic) bond motifs is 2. The van der Waals surface area contributed by atoms with Gasteiger partial charge in [-0.05, 0) is 48.4 Å². The highest BCUT2D eigenvalue weighted by atomic mass is 16.2. The zero-order valence-electron chi connectivity index (χ0n) is 19.0. The number of aromatic amines is 1. The minimum absolute atomic E-state index is 0.176. The summed E-state index contributed by atoms with van der Waals surface area (Å²) in [7, 11) is 2.12. The summed E-state index contributed by atoms with van der Waals surface area (Å²) < 4.78 is 2.24. The van der Waals surface area contributed by atoms with Crippen LogP contribution < -0.4 is 0 Å². The number of amides is 1. The second-order valence-corrected chi connectivity index (χ2v) is 9.31. The van der Waals surface area contributed by atoms with Crippen LogP contribution in [-0.4, -0.2) is 26.9 Å². The van der Waals surface area contributed by atoms with Crippen molar-refractivity contribution in [2.45, 2.75) is 51.5 Å². The molecule has 2 heterocycles. The highest BCUT2D eigenvalue weighted by Gasteiger charge is 2.26. The molecular weight excluding hydrogens is 394 g/mol. The number of carbonyl (C=O) groups is 1. The molecule has 0 aliphatic heterocycles. The largest absolute Gasteiger partial charge is 0.361 e. The van der Waals surface area contributed by atoms with Gasteiger partial charge in [0.15, 0.2) is 0 Å². The Labute approximate surface area is 190 Å². The van der Waals surface area contributed by atoms with Crippen molar-refractivity contribution in [3.63, 3.8) is 0 Å². The number of hydrogen-bond acceptors (Lipinski definition) is 1. The summed E-state index contributed by atoms with van der Waals surface area (Å²) in [6.45, 7) is 1.42. The summed E-state index contributed by atoms with van der Waals surface area (Å²) in [6.07, 6.45) is 9.95. The van der Waals surface area contributed by atoms with Crippen LogP contribution in [0.4, 0.5) is 0 Å². The summed E-state index contributed by atoms with van der Waals surface area (Å²) in [4.78, 5) is 19.2. The van der Waals surface area contributed by atoms with Gasteiger partial charge in [-0.2, -0.15) is 0 Å². The first kappa shape index (κ1) is 20.9. The van der Waals surface area contributed by atoms with Gasteiger partial charge in [-0.25, -0.2) is 0 Å². The molecule has 1 fully saturated rings. The zero-order valence-corrected chi connectivity index (χ0v) is 19.0. The van der Waals surface area contributed by atoms with E-state index in [1.54, 1.807) is 0 Å². The first-order valence-electron chi connectivity index (χ1n) is 12.1. The maximum Gasteiger partial charge on any atom is 0.226 e. The fourth-order valence-electron chi connectivity index (χ4n) is 5.34. The minimum atomic E-state index is 0.176. The maximum atomic E-state index is 13.7. The topological polar surface area (TPSA) is 41.0 Å². The molecule has 0 bridgehead atoms. The Balaban J connectivity index is 1.40. The SMILES string of the molecule is Cn1c(CN(CCc2c[nH]c3ccccc23)C(=O)C2CCCCCC2)cc2ccccc21. The van der Waals surface area contributed by atoms with Gasteiger partial charge in [0.05, 0.1) is 6.54 Å². The molecule has 0 spiro atoms. The molecule has 4 aromatic rings. The third-order valence-corrected chi connectivity index (χ3v) is 7.25. The fraction of sp³-hybridized carbons (Fsp3) is 0.393. The molecule has 32 heavy (non-hydrogen) atoms. The molecule has 1 saturated carbocycles. The third-order valence-electron chi connectivity index (χ3n) is 7.25. The second-order valence-electron chi connectivity index (χ2n) is 9.31. The van der Waals surface area contributed by atoms with Crippen molar-refractivity contribution in [1.29, 1.82) is 0 Å². The van der Waals surface area contributed by atoms with Gasteiger partial charge in [0.25, 0.3) is 0 Å². The van der Waals surface area contributed by atoms with E-state index in [1.165, 1.54) is 53.2 Å². The molecule has 0 unspecified atom stereocenters. The predicted molar refractivity (Wildman–Crippen MR) is 132 cm³/mol. The Morgan fingerprint density at radius 1 is 1.03 bits per heavy atom. The lowest BCUT2D eigenvalue weighted by atomic mass is 9.98. The smallest absolute Gasteiger partial charge is 0.226 e. The standard InChI is InChI=1S/C28H33N3O/c1-30-24(18-22-12-6-9-15-27(22)30)20-31(28(32)21-10-4-2-3-5-11-21)17-16-23-19-29-26-14-8-7-13-25(23)26/h6-9,12-15,18-19,21,29H,2-5,10-11,16-17,20H2,1H3. The molecule has 1 amide bonds. The van der Waals surface area contributed by atoms with Gasteiger partial charge in [-0.1, -0.05) is 62.1 Å². The molecule has 0 radical (unpaired) electrons. The van der Waals surface area contributed by atoms with Crippen molar-refractivity contribution in [2.24, 2.45) is 13.0 Å². The Hall–Kier alpha value is -3.01. The number of benzene rings is 2. The average molecular weight is 428 g/mol. The third kappa shape index (κ3) is 4.19. The van der Waals surface area contributed by atoms with Crippen molar-refractivity contribution in [3.05, 3.63) is 72.1 Å². The number of nitrogens with zero attached hydrogens (tertiary/aromatic N) is 2. The monoisotopic (exact) mass is 427 g/mol.